The number of hydrogen-bond acceptors (Lipinski definition) is 7. The molecule has 4 aromatic carbocycles. The van der Waals surface area contributed by atoms with Gasteiger partial charge in [-0.05, 0) is 69.9 Å². The van der Waals surface area contributed by atoms with Gasteiger partial charge in [-0.25, -0.2) is 14.4 Å². The lowest BCUT2D eigenvalue weighted by Crippen LogP contribution is -2.51. The maximum absolute atomic E-state index is 12.4. The minimum absolute atomic E-state index is 0.111. The Bertz CT molecular complexity index is 2020. The molecule has 0 bridgehead atoms. The number of nitrogens with one attached hydrogen (secondary N) is 2. The highest BCUT2D eigenvalue weighted by molar-refractivity contribution is 7.98. The van der Waals surface area contributed by atoms with Crippen molar-refractivity contribution in [2.75, 3.05) is 5.75 Å². The van der Waals surface area contributed by atoms with Crippen LogP contribution in [0.2, 0.25) is 0 Å². The largest absolute Gasteiger partial charge is 0.480 e. The van der Waals surface area contributed by atoms with Crippen molar-refractivity contribution in [2.24, 2.45) is 4.99 Å². The summed E-state index contributed by atoms with van der Waals surface area (Å²) < 4.78 is 16.7. The van der Waals surface area contributed by atoms with E-state index in [2.05, 4.69) is 64.2 Å². The second-order valence-corrected chi connectivity index (χ2v) is 14.7. The van der Waals surface area contributed by atoms with Gasteiger partial charge < -0.3 is 24.3 Å². The van der Waals surface area contributed by atoms with Crippen LogP contribution in [-0.2, 0) is 20.0 Å². The van der Waals surface area contributed by atoms with E-state index in [4.69, 9.17) is 13.9 Å². The molecule has 1 heterocycles. The average molecular weight is 696 g/mol. The minimum Gasteiger partial charge on any atom is -0.480 e. The molecule has 260 valence electrons. The van der Waals surface area contributed by atoms with Crippen LogP contribution in [0.15, 0.2) is 100 Å². The smallest absolute Gasteiger partial charge is 0.437 e. The van der Waals surface area contributed by atoms with Crippen LogP contribution in [0.1, 0.15) is 47.1 Å². The topological polar surface area (TPSA) is 139 Å². The molecule has 1 aromatic heterocycles. The Balaban J connectivity index is 1.22. The van der Waals surface area contributed by atoms with Gasteiger partial charge in [-0.2, -0.15) is 11.8 Å². The van der Waals surface area contributed by atoms with Crippen LogP contribution in [0, 0.1) is 0 Å². The second kappa shape index (κ2) is 15.1. The van der Waals surface area contributed by atoms with Crippen LogP contribution in [0.25, 0.3) is 44.2 Å². The van der Waals surface area contributed by atoms with E-state index in [1.165, 1.54) is 11.8 Å². The van der Waals surface area contributed by atoms with Gasteiger partial charge in [0.25, 0.3) is 0 Å². The highest BCUT2D eigenvalue weighted by Gasteiger charge is 2.24. The molecule has 0 aliphatic carbocycles. The number of hydrogen-bond donors (Lipinski definition) is 3. The number of amides is 2. The Morgan fingerprint density at radius 1 is 0.780 bits per heavy atom. The number of carbonyl (C=O) groups excluding carboxylic acids is 2. The summed E-state index contributed by atoms with van der Waals surface area (Å²) in [6.45, 7) is 10.0. The molecule has 0 fully saturated rings. The quantitative estimate of drug-likeness (QED) is 0.107. The first-order chi connectivity index (χ1) is 23.6. The monoisotopic (exact) mass is 695 g/mol. The number of aliphatic imine (C=N–C) groups is 1. The number of para-hydroxylation sites is 2. The zero-order chi connectivity index (χ0) is 36.1. The van der Waals surface area contributed by atoms with Crippen molar-refractivity contribution in [3.05, 3.63) is 96.6 Å². The lowest BCUT2D eigenvalue weighted by molar-refractivity contribution is -0.138. The second-order valence-electron chi connectivity index (χ2n) is 13.7. The zero-order valence-electron chi connectivity index (χ0n) is 28.9. The van der Waals surface area contributed by atoms with Crippen molar-refractivity contribution in [2.45, 2.75) is 64.5 Å². The molecule has 1 unspecified atom stereocenters. The van der Waals surface area contributed by atoms with Crippen LogP contribution >= 0.6 is 11.8 Å². The molecule has 1 atom stereocenters. The van der Waals surface area contributed by atoms with E-state index in [0.717, 1.165) is 49.8 Å². The third-order valence-electron chi connectivity index (χ3n) is 7.27. The highest BCUT2D eigenvalue weighted by atomic mass is 32.2. The van der Waals surface area contributed by atoms with Gasteiger partial charge in [-0.1, -0.05) is 84.9 Å². The van der Waals surface area contributed by atoms with Crippen LogP contribution < -0.4 is 10.6 Å². The number of rotatable bonds is 8. The predicted molar refractivity (Wildman–Crippen MR) is 198 cm³/mol. The molecule has 0 saturated heterocycles. The summed E-state index contributed by atoms with van der Waals surface area (Å²) in [5, 5.41) is 17.1. The fourth-order valence-electron chi connectivity index (χ4n) is 5.12. The van der Waals surface area contributed by atoms with Crippen molar-refractivity contribution >= 4 is 57.8 Å². The first-order valence-electron chi connectivity index (χ1n) is 16.1. The number of guanidine groups is 1. The number of thioether (sulfide) groups is 1. The zero-order valence-corrected chi connectivity index (χ0v) is 29.7. The molecule has 0 aliphatic rings. The minimum atomic E-state index is -1.18. The number of carboxylic acids is 1. The van der Waals surface area contributed by atoms with Gasteiger partial charge in [0, 0.05) is 27.8 Å². The number of alkyl carbamates (subject to hydrolysis) is 1. The molecule has 11 heteroatoms. The standard InChI is InChI=1S/C39H41N3O7S/c1-38(2,3)48-36(45)41-35(42-37(46)49-39(4,5)6)40-31(34(43)44)23-50-22-24-14-16-25(17-15-24)26-18-20-27(21-19-26)28-11-9-12-30-29-10-7-8-13-32(29)47-33(28)30/h7-21,31H,22-23H2,1-6H3,(H,43,44)(H2,40,41,42,45,46). The molecule has 5 aromatic rings. The van der Waals surface area contributed by atoms with Gasteiger partial charge in [0.2, 0.25) is 5.96 Å². The Morgan fingerprint density at radius 2 is 1.38 bits per heavy atom. The van der Waals surface area contributed by atoms with Crippen molar-refractivity contribution in [1.29, 1.82) is 0 Å². The number of fused-ring (bicyclic) bond motifs is 3. The fraction of sp³-hybridized carbons (Fsp3) is 0.282. The lowest BCUT2D eigenvalue weighted by Gasteiger charge is -2.22. The third-order valence-corrected chi connectivity index (χ3v) is 8.37. The van der Waals surface area contributed by atoms with Crippen LogP contribution in [0.3, 0.4) is 0 Å². The van der Waals surface area contributed by atoms with E-state index >= 15 is 0 Å². The summed E-state index contributed by atoms with van der Waals surface area (Å²) in [5.74, 6) is -0.925. The number of carboxylic acid groups (broad SMARTS) is 1. The van der Waals surface area contributed by atoms with Gasteiger partial charge >= 0.3 is 18.2 Å². The van der Waals surface area contributed by atoms with Crippen molar-refractivity contribution in [3.8, 4) is 22.3 Å². The van der Waals surface area contributed by atoms with Gasteiger partial charge in [0.15, 0.2) is 0 Å². The molecule has 0 spiro atoms. The summed E-state index contributed by atoms with van der Waals surface area (Å²) in [6.07, 6.45) is -1.89. The number of nitrogens with zero attached hydrogens (tertiary/aromatic N) is 1. The van der Waals surface area contributed by atoms with Crippen LogP contribution in [0.4, 0.5) is 9.59 Å². The number of carbonyl (C=O) groups is 3. The van der Waals surface area contributed by atoms with E-state index in [9.17, 15) is 19.5 Å². The molecule has 0 saturated carbocycles. The Hall–Kier alpha value is -5.29. The van der Waals surface area contributed by atoms with E-state index in [1.54, 1.807) is 41.5 Å². The molecular formula is C39H41N3O7S. The molecule has 5 rings (SSSR count). The average Bonchev–Trinajstić information content (AvgIpc) is 3.42. The number of furan rings is 1. The summed E-state index contributed by atoms with van der Waals surface area (Å²) >= 11 is 1.38. The van der Waals surface area contributed by atoms with Crippen molar-refractivity contribution in [1.82, 2.24) is 10.6 Å². The maximum Gasteiger partial charge on any atom is 0.437 e. The van der Waals surface area contributed by atoms with Crippen LogP contribution in [0.5, 0.6) is 0 Å². The van der Waals surface area contributed by atoms with E-state index in [-0.39, 0.29) is 11.7 Å². The Kier molecular flexibility index (Phi) is 10.9. The molecule has 50 heavy (non-hydrogen) atoms. The molecule has 3 N–H and O–H groups in total. The molecule has 10 nitrogen and oxygen atoms in total. The van der Waals surface area contributed by atoms with Crippen molar-refractivity contribution in [3.63, 3.8) is 0 Å². The Labute approximate surface area is 295 Å². The molecule has 0 radical (unpaired) electrons. The van der Waals surface area contributed by atoms with E-state index in [1.807, 2.05) is 42.5 Å². The summed E-state index contributed by atoms with van der Waals surface area (Å²) in [5.41, 5.74) is 5.29. The highest BCUT2D eigenvalue weighted by Crippen LogP contribution is 2.36. The fourth-order valence-corrected chi connectivity index (χ4v) is 6.12. The van der Waals surface area contributed by atoms with Gasteiger partial charge in [-0.3, -0.25) is 5.32 Å². The maximum atomic E-state index is 12.4. The van der Waals surface area contributed by atoms with Gasteiger partial charge in [0.1, 0.15) is 28.4 Å². The van der Waals surface area contributed by atoms with Crippen LogP contribution in [-0.4, -0.2) is 52.2 Å². The van der Waals surface area contributed by atoms with Gasteiger partial charge in [0.05, 0.1) is 0 Å². The summed E-state index contributed by atoms with van der Waals surface area (Å²) in [4.78, 5) is 40.7. The summed E-state index contributed by atoms with van der Waals surface area (Å²) in [7, 11) is 0. The lowest BCUT2D eigenvalue weighted by atomic mass is 9.98. The molecular weight excluding hydrogens is 655 g/mol. The molecule has 2 amide bonds. The Morgan fingerprint density at radius 3 is 2.02 bits per heavy atom. The predicted octanol–water partition coefficient (Wildman–Crippen LogP) is 9.01. The third kappa shape index (κ3) is 9.66. The first-order valence-corrected chi connectivity index (χ1v) is 17.3. The molecule has 0 aliphatic heterocycles. The van der Waals surface area contributed by atoms with Gasteiger partial charge in [-0.15, -0.1) is 4.99 Å². The van der Waals surface area contributed by atoms with E-state index in [0.29, 0.717) is 5.75 Å². The van der Waals surface area contributed by atoms with E-state index < -0.39 is 35.4 Å². The number of benzene rings is 4. The first kappa shape index (κ1) is 36.0. The number of ether oxygens (including phenoxy) is 2. The SMILES string of the molecule is CC(C)(C)OC(=O)/N=C(\NC(=O)OC(C)(C)C)NC(CSCc1ccc(-c2ccc(-c3cccc4c3oc3ccccc34)cc2)cc1)C(=O)O. The number of aliphatic carboxylic acids is 1. The van der Waals surface area contributed by atoms with Crippen molar-refractivity contribution < 1.29 is 33.4 Å². The normalized spacial score (nSPS) is 12.8. The summed E-state index contributed by atoms with van der Waals surface area (Å²) in [6, 6.07) is 29.5.